The Kier molecular flexibility index (Phi) is 5.42. The van der Waals surface area contributed by atoms with Gasteiger partial charge in [-0.15, -0.1) is 11.3 Å². The number of thiophene rings is 1. The molecule has 5 rings (SSSR count). The highest BCUT2D eigenvalue weighted by Gasteiger charge is 2.26. The van der Waals surface area contributed by atoms with E-state index in [0.29, 0.717) is 36.8 Å². The molecule has 156 valence electrons. The zero-order valence-electron chi connectivity index (χ0n) is 16.6. The SMILES string of the molecule is O=C(NCC(c1cccs1)N1CCCC1)c1cn[nH]c1-c1ccc2c(c1)OCCO2. The topological polar surface area (TPSA) is 79.5 Å². The van der Waals surface area contributed by atoms with Crippen molar-refractivity contribution in [1.29, 1.82) is 0 Å². The smallest absolute Gasteiger partial charge is 0.255 e. The molecule has 1 amide bonds. The maximum absolute atomic E-state index is 13.0. The highest BCUT2D eigenvalue weighted by atomic mass is 32.1. The Labute approximate surface area is 179 Å². The number of nitrogens with one attached hydrogen (secondary N) is 2. The van der Waals surface area contributed by atoms with Crippen molar-refractivity contribution in [2.45, 2.75) is 18.9 Å². The Morgan fingerprint density at radius 3 is 2.83 bits per heavy atom. The lowest BCUT2D eigenvalue weighted by molar-refractivity contribution is 0.0939. The Hall–Kier alpha value is -2.84. The average Bonchev–Trinajstić information content (AvgIpc) is 3.56. The predicted molar refractivity (Wildman–Crippen MR) is 115 cm³/mol. The van der Waals surface area contributed by atoms with E-state index in [1.54, 1.807) is 17.5 Å². The van der Waals surface area contributed by atoms with Crippen LogP contribution < -0.4 is 14.8 Å². The van der Waals surface area contributed by atoms with E-state index in [9.17, 15) is 4.79 Å². The van der Waals surface area contributed by atoms with Gasteiger partial charge in [0.1, 0.15) is 13.2 Å². The highest BCUT2D eigenvalue weighted by molar-refractivity contribution is 7.10. The number of carbonyl (C=O) groups excluding carboxylic acids is 1. The summed E-state index contributed by atoms with van der Waals surface area (Å²) in [5, 5.41) is 12.3. The molecule has 1 fully saturated rings. The molecule has 7 nitrogen and oxygen atoms in total. The summed E-state index contributed by atoms with van der Waals surface area (Å²) in [6.45, 7) is 3.80. The zero-order chi connectivity index (χ0) is 20.3. The van der Waals surface area contributed by atoms with Crippen LogP contribution in [0.1, 0.15) is 34.1 Å². The largest absolute Gasteiger partial charge is 0.486 e. The third-order valence-electron chi connectivity index (χ3n) is 5.62. The van der Waals surface area contributed by atoms with Gasteiger partial charge in [-0.1, -0.05) is 6.07 Å². The van der Waals surface area contributed by atoms with Crippen molar-refractivity contribution in [3.8, 4) is 22.8 Å². The maximum atomic E-state index is 13.0. The molecule has 1 saturated heterocycles. The molecular formula is C22H24N4O3S. The number of ether oxygens (including phenoxy) is 2. The first-order chi connectivity index (χ1) is 14.8. The molecule has 0 spiro atoms. The zero-order valence-corrected chi connectivity index (χ0v) is 17.4. The molecule has 8 heteroatoms. The third-order valence-corrected chi connectivity index (χ3v) is 6.60. The number of nitrogens with zero attached hydrogens (tertiary/aromatic N) is 2. The number of amides is 1. The number of carbonyl (C=O) groups is 1. The standard InChI is InChI=1S/C22H24N4O3S/c27-22(23-14-17(20-4-3-11-30-20)26-7-1-2-8-26)16-13-24-25-21(16)15-5-6-18-19(12-15)29-10-9-28-18/h3-6,11-13,17H,1-2,7-10,14H2,(H,23,27)(H,24,25). The molecule has 2 N–H and O–H groups in total. The number of aromatic nitrogens is 2. The second-order valence-electron chi connectivity index (χ2n) is 7.50. The van der Waals surface area contributed by atoms with Crippen LogP contribution in [-0.2, 0) is 0 Å². The van der Waals surface area contributed by atoms with E-state index in [0.717, 1.165) is 24.4 Å². The molecule has 2 aromatic heterocycles. The van der Waals surface area contributed by atoms with Crippen LogP contribution in [0.2, 0.25) is 0 Å². The number of hydrogen-bond acceptors (Lipinski definition) is 6. The molecule has 0 bridgehead atoms. The van der Waals surface area contributed by atoms with Gasteiger partial charge in [0, 0.05) is 17.0 Å². The summed E-state index contributed by atoms with van der Waals surface area (Å²) >= 11 is 1.74. The molecule has 30 heavy (non-hydrogen) atoms. The highest BCUT2D eigenvalue weighted by Crippen LogP contribution is 2.35. The van der Waals surface area contributed by atoms with Crippen molar-refractivity contribution < 1.29 is 14.3 Å². The van der Waals surface area contributed by atoms with E-state index in [-0.39, 0.29) is 11.9 Å². The number of benzene rings is 1. The molecule has 1 aromatic carbocycles. The van der Waals surface area contributed by atoms with E-state index in [1.807, 2.05) is 18.2 Å². The van der Waals surface area contributed by atoms with Crippen molar-refractivity contribution in [1.82, 2.24) is 20.4 Å². The molecule has 1 unspecified atom stereocenters. The quantitative estimate of drug-likeness (QED) is 0.633. The van der Waals surface area contributed by atoms with Crippen LogP contribution in [0.4, 0.5) is 0 Å². The number of H-pyrrole nitrogens is 1. The van der Waals surface area contributed by atoms with Gasteiger partial charge in [-0.25, -0.2) is 0 Å². The fraction of sp³-hybridized carbons (Fsp3) is 0.364. The lowest BCUT2D eigenvalue weighted by atomic mass is 10.1. The van der Waals surface area contributed by atoms with Crippen LogP contribution in [0.3, 0.4) is 0 Å². The first-order valence-electron chi connectivity index (χ1n) is 10.3. The second kappa shape index (κ2) is 8.49. The van der Waals surface area contributed by atoms with Crippen LogP contribution in [-0.4, -0.2) is 53.9 Å². The van der Waals surface area contributed by atoms with Crippen molar-refractivity contribution in [3.05, 3.63) is 52.3 Å². The molecule has 4 heterocycles. The van der Waals surface area contributed by atoms with Crippen LogP contribution in [0.5, 0.6) is 11.5 Å². The Bertz CT molecular complexity index is 1010. The van der Waals surface area contributed by atoms with E-state index in [1.165, 1.54) is 17.7 Å². The number of likely N-dealkylation sites (tertiary alicyclic amines) is 1. The first-order valence-corrected chi connectivity index (χ1v) is 11.2. The Morgan fingerprint density at radius 1 is 1.20 bits per heavy atom. The van der Waals surface area contributed by atoms with E-state index >= 15 is 0 Å². The minimum atomic E-state index is -0.130. The summed E-state index contributed by atoms with van der Waals surface area (Å²) in [7, 11) is 0. The van der Waals surface area contributed by atoms with Crippen LogP contribution in [0.25, 0.3) is 11.3 Å². The van der Waals surface area contributed by atoms with Gasteiger partial charge in [-0.05, 0) is 55.6 Å². The molecule has 0 radical (unpaired) electrons. The van der Waals surface area contributed by atoms with Gasteiger partial charge in [-0.3, -0.25) is 14.8 Å². The van der Waals surface area contributed by atoms with Crippen molar-refractivity contribution >= 4 is 17.2 Å². The van der Waals surface area contributed by atoms with Crippen LogP contribution in [0.15, 0.2) is 41.9 Å². The van der Waals surface area contributed by atoms with Gasteiger partial charge in [0.25, 0.3) is 5.91 Å². The van der Waals surface area contributed by atoms with E-state index < -0.39 is 0 Å². The Balaban J connectivity index is 1.33. The van der Waals surface area contributed by atoms with Crippen LogP contribution >= 0.6 is 11.3 Å². The maximum Gasteiger partial charge on any atom is 0.255 e. The van der Waals surface area contributed by atoms with Crippen molar-refractivity contribution in [3.63, 3.8) is 0 Å². The number of hydrogen-bond donors (Lipinski definition) is 2. The molecule has 3 aromatic rings. The van der Waals surface area contributed by atoms with Gasteiger partial charge < -0.3 is 14.8 Å². The van der Waals surface area contributed by atoms with E-state index in [2.05, 4.69) is 37.9 Å². The van der Waals surface area contributed by atoms with Crippen molar-refractivity contribution in [2.24, 2.45) is 0 Å². The second-order valence-corrected chi connectivity index (χ2v) is 8.48. The summed E-state index contributed by atoms with van der Waals surface area (Å²) in [5.41, 5.74) is 2.05. The number of rotatable bonds is 6. The normalized spacial score (nSPS) is 17.1. The van der Waals surface area contributed by atoms with Gasteiger partial charge >= 0.3 is 0 Å². The molecule has 2 aliphatic heterocycles. The molecular weight excluding hydrogens is 400 g/mol. The molecule has 0 aliphatic carbocycles. The summed E-state index contributed by atoms with van der Waals surface area (Å²) in [6, 6.07) is 10.1. The number of aromatic amines is 1. The number of fused-ring (bicyclic) bond motifs is 1. The summed E-state index contributed by atoms with van der Waals surface area (Å²) in [4.78, 5) is 16.8. The third kappa shape index (κ3) is 3.80. The summed E-state index contributed by atoms with van der Waals surface area (Å²) in [6.07, 6.45) is 4.01. The average molecular weight is 425 g/mol. The lowest BCUT2D eigenvalue weighted by Gasteiger charge is -2.26. The molecule has 0 saturated carbocycles. The Morgan fingerprint density at radius 2 is 2.03 bits per heavy atom. The van der Waals surface area contributed by atoms with Gasteiger partial charge in [0.15, 0.2) is 11.5 Å². The van der Waals surface area contributed by atoms with E-state index in [4.69, 9.17) is 9.47 Å². The molecule has 1 atom stereocenters. The van der Waals surface area contributed by atoms with Crippen molar-refractivity contribution in [2.75, 3.05) is 32.8 Å². The monoisotopic (exact) mass is 424 g/mol. The fourth-order valence-electron chi connectivity index (χ4n) is 4.11. The van der Waals surface area contributed by atoms with Crippen LogP contribution in [0, 0.1) is 0 Å². The lowest BCUT2D eigenvalue weighted by Crippen LogP contribution is -2.36. The van der Waals surface area contributed by atoms with Gasteiger partial charge in [0.2, 0.25) is 0 Å². The predicted octanol–water partition coefficient (Wildman–Crippen LogP) is 3.48. The minimum absolute atomic E-state index is 0.130. The fourth-order valence-corrected chi connectivity index (χ4v) is 4.97. The first kappa shape index (κ1) is 19.1. The minimum Gasteiger partial charge on any atom is -0.486 e. The summed E-state index contributed by atoms with van der Waals surface area (Å²) < 4.78 is 11.3. The van der Waals surface area contributed by atoms with Gasteiger partial charge in [0.05, 0.1) is 23.5 Å². The molecule has 2 aliphatic rings. The summed E-state index contributed by atoms with van der Waals surface area (Å²) in [5.74, 6) is 1.28. The van der Waals surface area contributed by atoms with Gasteiger partial charge in [-0.2, -0.15) is 5.10 Å².